The van der Waals surface area contributed by atoms with Crippen LogP contribution in [0.4, 0.5) is 0 Å². The molecule has 2 unspecified atom stereocenters. The average Bonchev–Trinajstić information content (AvgIpc) is 2.20. The van der Waals surface area contributed by atoms with Crippen molar-refractivity contribution >= 4 is 11.6 Å². The number of nitrogens with zero attached hydrogens (tertiary/aromatic N) is 1. The van der Waals surface area contributed by atoms with Crippen LogP contribution in [0, 0.1) is 12.8 Å². The molecule has 0 saturated carbocycles. The molecule has 0 aromatic carbocycles. The van der Waals surface area contributed by atoms with Gasteiger partial charge in [-0.25, -0.2) is 0 Å². The first-order valence-electron chi connectivity index (χ1n) is 5.19. The van der Waals surface area contributed by atoms with E-state index < -0.39 is 0 Å². The quantitative estimate of drug-likeness (QED) is 0.694. The SMILES string of the molecule is CCC(C)C(Cl)Cc1ccc(C)cn1. The van der Waals surface area contributed by atoms with Crippen LogP contribution in [-0.2, 0) is 6.42 Å². The highest BCUT2D eigenvalue weighted by atomic mass is 35.5. The van der Waals surface area contributed by atoms with Crippen LogP contribution in [0.5, 0.6) is 0 Å². The lowest BCUT2D eigenvalue weighted by molar-refractivity contribution is 0.521. The van der Waals surface area contributed by atoms with E-state index in [0.717, 1.165) is 18.5 Å². The molecule has 0 aliphatic rings. The molecule has 0 amide bonds. The maximum Gasteiger partial charge on any atom is 0.0418 e. The number of aromatic nitrogens is 1. The Morgan fingerprint density at radius 1 is 1.43 bits per heavy atom. The smallest absolute Gasteiger partial charge is 0.0418 e. The topological polar surface area (TPSA) is 12.9 Å². The summed E-state index contributed by atoms with van der Waals surface area (Å²) in [5, 5.41) is 0.204. The van der Waals surface area contributed by atoms with Crippen LogP contribution in [0.3, 0.4) is 0 Å². The van der Waals surface area contributed by atoms with E-state index in [0.29, 0.717) is 5.92 Å². The summed E-state index contributed by atoms with van der Waals surface area (Å²) in [6.45, 7) is 6.40. The highest BCUT2D eigenvalue weighted by Gasteiger charge is 2.13. The summed E-state index contributed by atoms with van der Waals surface area (Å²) in [7, 11) is 0. The largest absolute Gasteiger partial charge is 0.261 e. The van der Waals surface area contributed by atoms with Crippen molar-refractivity contribution < 1.29 is 0 Å². The Bertz CT molecular complexity index is 268. The molecule has 1 aromatic heterocycles. The summed E-state index contributed by atoms with van der Waals surface area (Å²) < 4.78 is 0. The van der Waals surface area contributed by atoms with Crippen LogP contribution in [0.25, 0.3) is 0 Å². The molecule has 14 heavy (non-hydrogen) atoms. The predicted octanol–water partition coefficient (Wildman–Crippen LogP) is 3.59. The first kappa shape index (κ1) is 11.5. The summed E-state index contributed by atoms with van der Waals surface area (Å²) in [4.78, 5) is 4.35. The van der Waals surface area contributed by atoms with Gasteiger partial charge in [0.15, 0.2) is 0 Å². The summed E-state index contributed by atoms with van der Waals surface area (Å²) in [6.07, 6.45) is 3.90. The molecule has 2 atom stereocenters. The molecule has 0 fully saturated rings. The fourth-order valence-electron chi connectivity index (χ4n) is 1.28. The Morgan fingerprint density at radius 2 is 2.14 bits per heavy atom. The third-order valence-corrected chi connectivity index (χ3v) is 3.22. The number of rotatable bonds is 4. The summed E-state index contributed by atoms with van der Waals surface area (Å²) >= 11 is 6.27. The standard InChI is InChI=1S/C12H18ClN/c1-4-10(3)12(13)7-11-6-5-9(2)8-14-11/h5-6,8,10,12H,4,7H2,1-3H3. The highest BCUT2D eigenvalue weighted by Crippen LogP contribution is 2.17. The molecule has 1 rings (SSSR count). The maximum absolute atomic E-state index is 6.27. The lowest BCUT2D eigenvalue weighted by Gasteiger charge is -2.15. The first-order chi connectivity index (χ1) is 6.63. The number of alkyl halides is 1. The molecule has 0 aliphatic carbocycles. The summed E-state index contributed by atoms with van der Waals surface area (Å²) in [5.74, 6) is 0.555. The van der Waals surface area contributed by atoms with Crippen molar-refractivity contribution in [2.75, 3.05) is 0 Å². The zero-order chi connectivity index (χ0) is 10.6. The maximum atomic E-state index is 6.27. The van der Waals surface area contributed by atoms with E-state index in [9.17, 15) is 0 Å². The van der Waals surface area contributed by atoms with Crippen molar-refractivity contribution in [2.24, 2.45) is 5.92 Å². The number of aryl methyl sites for hydroxylation is 1. The van der Waals surface area contributed by atoms with Gasteiger partial charge in [0.25, 0.3) is 0 Å². The minimum Gasteiger partial charge on any atom is -0.261 e. The van der Waals surface area contributed by atoms with Gasteiger partial charge in [-0.15, -0.1) is 11.6 Å². The predicted molar refractivity (Wildman–Crippen MR) is 61.8 cm³/mol. The molecule has 0 N–H and O–H groups in total. The molecule has 1 heterocycles. The Kier molecular flexibility index (Phi) is 4.40. The third-order valence-electron chi connectivity index (χ3n) is 2.64. The van der Waals surface area contributed by atoms with Crippen LogP contribution >= 0.6 is 11.6 Å². The monoisotopic (exact) mass is 211 g/mol. The second-order valence-corrected chi connectivity index (χ2v) is 4.49. The molecular weight excluding hydrogens is 194 g/mol. The lowest BCUT2D eigenvalue weighted by atomic mass is 10.0. The summed E-state index contributed by atoms with van der Waals surface area (Å²) in [6, 6.07) is 4.15. The molecule has 78 valence electrons. The molecule has 0 bridgehead atoms. The molecule has 0 aliphatic heterocycles. The van der Waals surface area contributed by atoms with E-state index in [1.54, 1.807) is 0 Å². The van der Waals surface area contributed by atoms with Gasteiger partial charge in [0, 0.05) is 23.7 Å². The van der Waals surface area contributed by atoms with Crippen LogP contribution < -0.4 is 0 Å². The Balaban J connectivity index is 2.56. The molecule has 0 spiro atoms. The van der Waals surface area contributed by atoms with Crippen LogP contribution in [0.2, 0.25) is 0 Å². The van der Waals surface area contributed by atoms with Gasteiger partial charge < -0.3 is 0 Å². The minimum absolute atomic E-state index is 0.204. The van der Waals surface area contributed by atoms with Crippen molar-refractivity contribution in [3.05, 3.63) is 29.6 Å². The fourth-order valence-corrected chi connectivity index (χ4v) is 1.61. The van der Waals surface area contributed by atoms with Gasteiger partial charge >= 0.3 is 0 Å². The molecule has 1 nitrogen and oxygen atoms in total. The van der Waals surface area contributed by atoms with Gasteiger partial charge in [0.2, 0.25) is 0 Å². The Labute approximate surface area is 91.5 Å². The van der Waals surface area contributed by atoms with E-state index in [4.69, 9.17) is 11.6 Å². The van der Waals surface area contributed by atoms with E-state index in [1.165, 1.54) is 5.56 Å². The highest BCUT2D eigenvalue weighted by molar-refractivity contribution is 6.20. The van der Waals surface area contributed by atoms with Crippen LogP contribution in [0.1, 0.15) is 31.5 Å². The van der Waals surface area contributed by atoms with E-state index in [1.807, 2.05) is 13.1 Å². The Hall–Kier alpha value is -0.560. The van der Waals surface area contributed by atoms with Crippen molar-refractivity contribution in [2.45, 2.75) is 39.0 Å². The van der Waals surface area contributed by atoms with Crippen molar-refractivity contribution in [3.8, 4) is 0 Å². The molecular formula is C12H18ClN. The van der Waals surface area contributed by atoms with Crippen molar-refractivity contribution in [1.82, 2.24) is 4.98 Å². The molecule has 0 radical (unpaired) electrons. The van der Waals surface area contributed by atoms with Gasteiger partial charge in [-0.05, 0) is 24.5 Å². The minimum atomic E-state index is 0.204. The second-order valence-electron chi connectivity index (χ2n) is 3.93. The number of hydrogen-bond donors (Lipinski definition) is 0. The molecule has 2 heteroatoms. The van der Waals surface area contributed by atoms with Gasteiger partial charge in [-0.3, -0.25) is 4.98 Å². The van der Waals surface area contributed by atoms with E-state index >= 15 is 0 Å². The number of halogens is 1. The van der Waals surface area contributed by atoms with Crippen molar-refractivity contribution in [3.63, 3.8) is 0 Å². The molecule has 0 saturated heterocycles. The zero-order valence-electron chi connectivity index (χ0n) is 9.13. The van der Waals surface area contributed by atoms with E-state index in [2.05, 4.69) is 31.0 Å². The van der Waals surface area contributed by atoms with Crippen LogP contribution in [0.15, 0.2) is 18.3 Å². The Morgan fingerprint density at radius 3 is 2.64 bits per heavy atom. The summed E-state index contributed by atoms with van der Waals surface area (Å²) in [5.41, 5.74) is 2.29. The number of pyridine rings is 1. The average molecular weight is 212 g/mol. The van der Waals surface area contributed by atoms with Crippen molar-refractivity contribution in [1.29, 1.82) is 0 Å². The van der Waals surface area contributed by atoms with Gasteiger partial charge in [0.1, 0.15) is 0 Å². The van der Waals surface area contributed by atoms with E-state index in [-0.39, 0.29) is 5.38 Å². The molecule has 1 aromatic rings. The van der Waals surface area contributed by atoms with Gasteiger partial charge in [-0.2, -0.15) is 0 Å². The number of hydrogen-bond acceptors (Lipinski definition) is 1. The normalized spacial score (nSPS) is 15.1. The first-order valence-corrected chi connectivity index (χ1v) is 5.62. The van der Waals surface area contributed by atoms with Gasteiger partial charge in [-0.1, -0.05) is 26.3 Å². The zero-order valence-corrected chi connectivity index (χ0v) is 9.88. The van der Waals surface area contributed by atoms with Gasteiger partial charge in [0.05, 0.1) is 0 Å². The second kappa shape index (κ2) is 5.35. The fraction of sp³-hybridized carbons (Fsp3) is 0.583. The van der Waals surface area contributed by atoms with Crippen LogP contribution in [-0.4, -0.2) is 10.4 Å². The third kappa shape index (κ3) is 3.30. The lowest BCUT2D eigenvalue weighted by Crippen LogP contribution is -2.14.